The van der Waals surface area contributed by atoms with Gasteiger partial charge >= 0.3 is 0 Å². The molecule has 0 saturated carbocycles. The molecule has 102 valence electrons. The van der Waals surface area contributed by atoms with Crippen molar-refractivity contribution in [3.05, 3.63) is 29.8 Å². The first-order valence-electron chi connectivity index (χ1n) is 6.54. The second kappa shape index (κ2) is 7.39. The molecule has 1 aromatic rings. The Labute approximate surface area is 111 Å². The van der Waals surface area contributed by atoms with E-state index >= 15 is 0 Å². The molecule has 18 heavy (non-hydrogen) atoms. The lowest BCUT2D eigenvalue weighted by molar-refractivity contribution is 0.224. The van der Waals surface area contributed by atoms with Gasteiger partial charge in [-0.3, -0.25) is 0 Å². The molecule has 0 amide bonds. The van der Waals surface area contributed by atoms with Gasteiger partial charge in [-0.05, 0) is 37.7 Å². The third kappa shape index (κ3) is 4.67. The molecule has 0 saturated heterocycles. The Morgan fingerprint density at radius 1 is 1.28 bits per heavy atom. The summed E-state index contributed by atoms with van der Waals surface area (Å²) in [4.78, 5) is 2.28. The molecular weight excluding hydrogens is 224 g/mol. The summed E-state index contributed by atoms with van der Waals surface area (Å²) >= 11 is 0. The Morgan fingerprint density at radius 3 is 2.56 bits per heavy atom. The van der Waals surface area contributed by atoms with E-state index in [0.29, 0.717) is 12.0 Å². The second-order valence-corrected chi connectivity index (χ2v) is 5.26. The van der Waals surface area contributed by atoms with Gasteiger partial charge in [0.15, 0.2) is 0 Å². The van der Waals surface area contributed by atoms with Crippen LogP contribution in [0.25, 0.3) is 0 Å². The first kappa shape index (κ1) is 15.0. The summed E-state index contributed by atoms with van der Waals surface area (Å²) in [6.07, 6.45) is 0. The van der Waals surface area contributed by atoms with Gasteiger partial charge in [0.05, 0.1) is 7.11 Å². The maximum atomic E-state index is 5.22. The van der Waals surface area contributed by atoms with Crippen molar-refractivity contribution in [2.45, 2.75) is 26.4 Å². The van der Waals surface area contributed by atoms with E-state index in [0.717, 1.165) is 18.8 Å². The minimum atomic E-state index is 0.565. The quantitative estimate of drug-likeness (QED) is 0.804. The van der Waals surface area contributed by atoms with Crippen LogP contribution in [0.5, 0.6) is 5.75 Å². The van der Waals surface area contributed by atoms with Crippen molar-refractivity contribution in [1.29, 1.82) is 0 Å². The molecule has 1 unspecified atom stereocenters. The van der Waals surface area contributed by atoms with Crippen LogP contribution in [0.2, 0.25) is 0 Å². The number of hydrogen-bond donors (Lipinski definition) is 1. The van der Waals surface area contributed by atoms with Crippen molar-refractivity contribution in [2.75, 3.05) is 27.7 Å². The van der Waals surface area contributed by atoms with E-state index in [4.69, 9.17) is 4.74 Å². The van der Waals surface area contributed by atoms with E-state index in [1.807, 2.05) is 12.1 Å². The van der Waals surface area contributed by atoms with Gasteiger partial charge in [-0.25, -0.2) is 0 Å². The predicted molar refractivity (Wildman–Crippen MR) is 77.0 cm³/mol. The van der Waals surface area contributed by atoms with E-state index in [1.165, 1.54) is 5.56 Å². The lowest BCUT2D eigenvalue weighted by atomic mass is 10.0. The number of likely N-dealkylation sites (N-methyl/N-ethyl adjacent to an activating group) is 1. The molecule has 0 fully saturated rings. The molecule has 0 aliphatic heterocycles. The van der Waals surface area contributed by atoms with Gasteiger partial charge in [0, 0.05) is 19.1 Å². The number of methoxy groups -OCH3 is 1. The summed E-state index contributed by atoms with van der Waals surface area (Å²) in [6.45, 7) is 6.41. The van der Waals surface area contributed by atoms with E-state index < -0.39 is 0 Å². The Bertz CT molecular complexity index is 342. The largest absolute Gasteiger partial charge is 0.497 e. The van der Waals surface area contributed by atoms with Gasteiger partial charge in [-0.2, -0.15) is 0 Å². The van der Waals surface area contributed by atoms with Gasteiger partial charge in [-0.15, -0.1) is 0 Å². The number of benzene rings is 1. The highest BCUT2D eigenvalue weighted by Crippen LogP contribution is 2.12. The molecular formula is C15H26N2O. The van der Waals surface area contributed by atoms with E-state index in [9.17, 15) is 0 Å². The third-order valence-electron chi connectivity index (χ3n) is 3.25. The van der Waals surface area contributed by atoms with Crippen LogP contribution in [0.1, 0.15) is 19.4 Å². The van der Waals surface area contributed by atoms with Crippen LogP contribution in [0.4, 0.5) is 0 Å². The molecule has 3 nitrogen and oxygen atoms in total. The highest BCUT2D eigenvalue weighted by molar-refractivity contribution is 5.28. The first-order chi connectivity index (χ1) is 8.54. The number of rotatable bonds is 7. The number of nitrogens with one attached hydrogen (secondary N) is 1. The Hall–Kier alpha value is -1.06. The summed E-state index contributed by atoms with van der Waals surface area (Å²) in [6, 6.07) is 8.76. The second-order valence-electron chi connectivity index (χ2n) is 5.26. The fraction of sp³-hybridized carbons (Fsp3) is 0.600. The topological polar surface area (TPSA) is 24.5 Å². The molecule has 3 heteroatoms. The molecule has 1 aromatic carbocycles. The summed E-state index contributed by atoms with van der Waals surface area (Å²) in [5.41, 5.74) is 1.26. The van der Waals surface area contributed by atoms with Gasteiger partial charge < -0.3 is 15.0 Å². The van der Waals surface area contributed by atoms with Crippen LogP contribution in [0, 0.1) is 5.92 Å². The smallest absolute Gasteiger partial charge is 0.119 e. The van der Waals surface area contributed by atoms with Gasteiger partial charge in [0.25, 0.3) is 0 Å². The molecule has 0 aliphatic carbocycles. The van der Waals surface area contributed by atoms with Crippen molar-refractivity contribution in [1.82, 2.24) is 10.2 Å². The SMILES string of the molecule is COc1cccc(CNCC(C(C)C)N(C)C)c1. The highest BCUT2D eigenvalue weighted by Gasteiger charge is 2.14. The average Bonchev–Trinajstić information content (AvgIpc) is 2.34. The monoisotopic (exact) mass is 250 g/mol. The molecule has 1 atom stereocenters. The highest BCUT2D eigenvalue weighted by atomic mass is 16.5. The number of ether oxygens (including phenoxy) is 1. The minimum absolute atomic E-state index is 0.565. The fourth-order valence-corrected chi connectivity index (χ4v) is 2.16. The van der Waals surface area contributed by atoms with Crippen LogP contribution in [0.15, 0.2) is 24.3 Å². The predicted octanol–water partition coefficient (Wildman–Crippen LogP) is 2.37. The third-order valence-corrected chi connectivity index (χ3v) is 3.25. The van der Waals surface area contributed by atoms with E-state index in [2.05, 4.69) is 50.3 Å². The Morgan fingerprint density at radius 2 is 2.00 bits per heavy atom. The van der Waals surface area contributed by atoms with Crippen molar-refractivity contribution in [2.24, 2.45) is 5.92 Å². The van der Waals surface area contributed by atoms with Crippen molar-refractivity contribution in [3.63, 3.8) is 0 Å². The molecule has 1 N–H and O–H groups in total. The summed E-state index contributed by atoms with van der Waals surface area (Å²) in [7, 11) is 5.98. The number of nitrogens with zero attached hydrogens (tertiary/aromatic N) is 1. The van der Waals surface area contributed by atoms with Crippen LogP contribution in [0.3, 0.4) is 0 Å². The van der Waals surface area contributed by atoms with Crippen molar-refractivity contribution < 1.29 is 4.74 Å². The van der Waals surface area contributed by atoms with E-state index in [-0.39, 0.29) is 0 Å². The molecule has 0 bridgehead atoms. The zero-order valence-corrected chi connectivity index (χ0v) is 12.2. The molecule has 0 aliphatic rings. The standard InChI is InChI=1S/C15H26N2O/c1-12(2)15(17(3)4)11-16-10-13-7-6-8-14(9-13)18-5/h6-9,12,15-16H,10-11H2,1-5H3. The lowest BCUT2D eigenvalue weighted by Gasteiger charge is -2.28. The fourth-order valence-electron chi connectivity index (χ4n) is 2.16. The van der Waals surface area contributed by atoms with Gasteiger partial charge in [-0.1, -0.05) is 26.0 Å². The molecule has 0 heterocycles. The molecule has 0 aromatic heterocycles. The zero-order chi connectivity index (χ0) is 13.5. The summed E-state index contributed by atoms with van der Waals surface area (Å²) in [5, 5.41) is 3.52. The number of hydrogen-bond acceptors (Lipinski definition) is 3. The summed E-state index contributed by atoms with van der Waals surface area (Å²) in [5.74, 6) is 1.57. The van der Waals surface area contributed by atoms with Crippen molar-refractivity contribution in [3.8, 4) is 5.75 Å². The van der Waals surface area contributed by atoms with Gasteiger partial charge in [0.1, 0.15) is 5.75 Å². The Balaban J connectivity index is 2.44. The van der Waals surface area contributed by atoms with Crippen LogP contribution < -0.4 is 10.1 Å². The zero-order valence-electron chi connectivity index (χ0n) is 12.2. The van der Waals surface area contributed by atoms with Gasteiger partial charge in [0.2, 0.25) is 0 Å². The average molecular weight is 250 g/mol. The van der Waals surface area contributed by atoms with Crippen molar-refractivity contribution >= 4 is 0 Å². The first-order valence-corrected chi connectivity index (χ1v) is 6.54. The maximum Gasteiger partial charge on any atom is 0.119 e. The Kier molecular flexibility index (Phi) is 6.16. The molecule has 0 spiro atoms. The van der Waals surface area contributed by atoms with Crippen LogP contribution in [-0.2, 0) is 6.54 Å². The molecule has 0 radical (unpaired) electrons. The minimum Gasteiger partial charge on any atom is -0.497 e. The maximum absolute atomic E-state index is 5.22. The molecule has 1 rings (SSSR count). The normalized spacial score (nSPS) is 13.1. The lowest BCUT2D eigenvalue weighted by Crippen LogP contribution is -2.41. The summed E-state index contributed by atoms with van der Waals surface area (Å²) < 4.78 is 5.22. The van der Waals surface area contributed by atoms with E-state index in [1.54, 1.807) is 7.11 Å². The van der Waals surface area contributed by atoms with Crippen LogP contribution >= 0.6 is 0 Å². The van der Waals surface area contributed by atoms with Crippen LogP contribution in [-0.4, -0.2) is 38.7 Å².